The van der Waals surface area contributed by atoms with E-state index in [0.717, 1.165) is 41.1 Å². The van der Waals surface area contributed by atoms with Crippen LogP contribution in [0.15, 0.2) is 73.1 Å². The average Bonchev–Trinajstić information content (AvgIpc) is 2.84. The van der Waals surface area contributed by atoms with Crippen LogP contribution in [0, 0.1) is 0 Å². The molecular formula is C27H31N3O3. The fourth-order valence-corrected chi connectivity index (χ4v) is 4.46. The van der Waals surface area contributed by atoms with Crippen LogP contribution in [-0.4, -0.2) is 67.2 Å². The number of aromatic nitrogens is 1. The molecule has 6 heteroatoms. The largest absolute Gasteiger partial charge is 0.497 e. The number of nitrogens with zero attached hydrogens (tertiary/aromatic N) is 3. The van der Waals surface area contributed by atoms with E-state index in [9.17, 15) is 4.79 Å². The van der Waals surface area contributed by atoms with Crippen LogP contribution in [0.3, 0.4) is 0 Å². The molecule has 6 nitrogen and oxygen atoms in total. The molecule has 0 N–H and O–H groups in total. The zero-order valence-corrected chi connectivity index (χ0v) is 19.5. The first kappa shape index (κ1) is 23.0. The zero-order valence-electron chi connectivity index (χ0n) is 19.5. The number of hydrogen-bond acceptors (Lipinski definition) is 5. The van der Waals surface area contributed by atoms with Gasteiger partial charge in [0.2, 0.25) is 0 Å². The molecule has 33 heavy (non-hydrogen) atoms. The second-order valence-electron chi connectivity index (χ2n) is 8.72. The average molecular weight is 446 g/mol. The SMILES string of the molecule is COc1cccc(CN2CCOC(Cc3cccc(-c4cccnc4)c3)(C(=O)N(C)C)C2)c1. The molecule has 1 aliphatic heterocycles. The van der Waals surface area contributed by atoms with E-state index in [4.69, 9.17) is 9.47 Å². The number of carbonyl (C=O) groups excluding carboxylic acids is 1. The maximum atomic E-state index is 13.4. The topological polar surface area (TPSA) is 54.9 Å². The molecule has 0 saturated carbocycles. The molecule has 4 rings (SSSR count). The molecule has 1 fully saturated rings. The lowest BCUT2D eigenvalue weighted by molar-refractivity contribution is -0.169. The van der Waals surface area contributed by atoms with Gasteiger partial charge in [-0.05, 0) is 40.5 Å². The van der Waals surface area contributed by atoms with Crippen molar-refractivity contribution >= 4 is 5.91 Å². The molecule has 3 aromatic rings. The molecule has 1 aliphatic rings. The van der Waals surface area contributed by atoms with Gasteiger partial charge in [-0.1, -0.05) is 42.5 Å². The first-order chi connectivity index (χ1) is 16.0. The Morgan fingerprint density at radius 1 is 1.09 bits per heavy atom. The number of amides is 1. The van der Waals surface area contributed by atoms with Crippen molar-refractivity contribution < 1.29 is 14.3 Å². The van der Waals surface area contributed by atoms with Crippen molar-refractivity contribution in [1.82, 2.24) is 14.8 Å². The third-order valence-corrected chi connectivity index (χ3v) is 6.01. The third-order valence-electron chi connectivity index (χ3n) is 6.01. The lowest BCUT2D eigenvalue weighted by Crippen LogP contribution is -2.60. The molecule has 1 saturated heterocycles. The minimum atomic E-state index is -0.936. The van der Waals surface area contributed by atoms with Crippen molar-refractivity contribution in [1.29, 1.82) is 0 Å². The van der Waals surface area contributed by atoms with E-state index in [2.05, 4.69) is 34.1 Å². The second-order valence-corrected chi connectivity index (χ2v) is 8.72. The van der Waals surface area contributed by atoms with E-state index >= 15 is 0 Å². The molecule has 0 radical (unpaired) electrons. The van der Waals surface area contributed by atoms with Gasteiger partial charge in [0.25, 0.3) is 5.91 Å². The summed E-state index contributed by atoms with van der Waals surface area (Å²) in [6.07, 6.45) is 4.13. The van der Waals surface area contributed by atoms with Gasteiger partial charge in [0.05, 0.1) is 13.7 Å². The maximum absolute atomic E-state index is 13.4. The summed E-state index contributed by atoms with van der Waals surface area (Å²) >= 11 is 0. The number of ether oxygens (including phenoxy) is 2. The number of rotatable bonds is 7. The van der Waals surface area contributed by atoms with Crippen LogP contribution in [0.25, 0.3) is 11.1 Å². The summed E-state index contributed by atoms with van der Waals surface area (Å²) in [6.45, 7) is 2.54. The summed E-state index contributed by atoms with van der Waals surface area (Å²) in [4.78, 5) is 21.6. The molecule has 0 spiro atoms. The number of carbonyl (C=O) groups is 1. The number of morpholine rings is 1. The first-order valence-corrected chi connectivity index (χ1v) is 11.2. The van der Waals surface area contributed by atoms with E-state index in [1.807, 2.05) is 42.6 Å². The highest BCUT2D eigenvalue weighted by molar-refractivity contribution is 5.86. The third kappa shape index (κ3) is 5.41. The molecule has 1 amide bonds. The normalized spacial score (nSPS) is 18.6. The van der Waals surface area contributed by atoms with Crippen molar-refractivity contribution in [2.75, 3.05) is 40.9 Å². The fourth-order valence-electron chi connectivity index (χ4n) is 4.46. The molecule has 1 aromatic heterocycles. The summed E-state index contributed by atoms with van der Waals surface area (Å²) in [5, 5.41) is 0. The Labute approximate surface area is 195 Å². The van der Waals surface area contributed by atoms with Crippen LogP contribution >= 0.6 is 0 Å². The Balaban J connectivity index is 1.59. The van der Waals surface area contributed by atoms with E-state index in [1.54, 1.807) is 32.3 Å². The summed E-state index contributed by atoms with van der Waals surface area (Å²) in [6, 6.07) is 20.3. The lowest BCUT2D eigenvalue weighted by atomic mass is 9.89. The van der Waals surface area contributed by atoms with Gasteiger partial charge >= 0.3 is 0 Å². The molecule has 1 unspecified atom stereocenters. The van der Waals surface area contributed by atoms with Gasteiger partial charge in [-0.3, -0.25) is 14.7 Å². The van der Waals surface area contributed by atoms with E-state index in [-0.39, 0.29) is 5.91 Å². The smallest absolute Gasteiger partial charge is 0.255 e. The predicted octanol–water partition coefficient (Wildman–Crippen LogP) is 3.66. The van der Waals surface area contributed by atoms with E-state index in [0.29, 0.717) is 19.6 Å². The summed E-state index contributed by atoms with van der Waals surface area (Å²) in [5.41, 5.74) is 3.42. The molecule has 2 aromatic carbocycles. The van der Waals surface area contributed by atoms with Crippen LogP contribution < -0.4 is 4.74 Å². The van der Waals surface area contributed by atoms with Crippen molar-refractivity contribution in [2.24, 2.45) is 0 Å². The van der Waals surface area contributed by atoms with Crippen LogP contribution in [0.4, 0.5) is 0 Å². The standard InChI is InChI=1S/C27H31N3O3/c1-29(2)26(31)27(17-21-7-4-9-23(15-21)24-10-6-12-28-18-24)20-30(13-14-33-27)19-22-8-5-11-25(16-22)32-3/h4-12,15-16,18H,13-14,17,19-20H2,1-3H3. The monoisotopic (exact) mass is 445 g/mol. The Kier molecular flexibility index (Phi) is 7.06. The molecule has 1 atom stereocenters. The maximum Gasteiger partial charge on any atom is 0.255 e. The van der Waals surface area contributed by atoms with Crippen LogP contribution in [0.1, 0.15) is 11.1 Å². The quantitative estimate of drug-likeness (QED) is 0.556. The number of benzene rings is 2. The van der Waals surface area contributed by atoms with Gasteiger partial charge < -0.3 is 14.4 Å². The zero-order chi connectivity index (χ0) is 23.3. The summed E-state index contributed by atoms with van der Waals surface area (Å²) < 4.78 is 11.7. The van der Waals surface area contributed by atoms with Crippen LogP contribution in [0.2, 0.25) is 0 Å². The van der Waals surface area contributed by atoms with Crippen LogP contribution in [0.5, 0.6) is 5.75 Å². The van der Waals surface area contributed by atoms with Crippen molar-refractivity contribution in [2.45, 2.75) is 18.6 Å². The molecular weight excluding hydrogens is 414 g/mol. The number of methoxy groups -OCH3 is 1. The van der Waals surface area contributed by atoms with E-state index in [1.165, 1.54) is 0 Å². The first-order valence-electron chi connectivity index (χ1n) is 11.2. The second kappa shape index (κ2) is 10.1. The lowest BCUT2D eigenvalue weighted by Gasteiger charge is -2.43. The Morgan fingerprint density at radius 3 is 2.64 bits per heavy atom. The van der Waals surface area contributed by atoms with Gasteiger partial charge in [0, 0.05) is 52.5 Å². The number of likely N-dealkylation sites (N-methyl/N-ethyl adjacent to an activating group) is 1. The molecule has 0 aliphatic carbocycles. The van der Waals surface area contributed by atoms with Gasteiger partial charge in [0.15, 0.2) is 5.60 Å². The van der Waals surface area contributed by atoms with Crippen molar-refractivity contribution in [3.63, 3.8) is 0 Å². The van der Waals surface area contributed by atoms with Gasteiger partial charge in [-0.2, -0.15) is 0 Å². The van der Waals surface area contributed by atoms with Gasteiger partial charge in [-0.25, -0.2) is 0 Å². The van der Waals surface area contributed by atoms with E-state index < -0.39 is 5.60 Å². The fraction of sp³-hybridized carbons (Fsp3) is 0.333. The molecule has 0 bridgehead atoms. The molecule has 172 valence electrons. The summed E-state index contributed by atoms with van der Waals surface area (Å²) in [5.74, 6) is 0.827. The van der Waals surface area contributed by atoms with Crippen molar-refractivity contribution in [3.8, 4) is 16.9 Å². The highest BCUT2D eigenvalue weighted by Gasteiger charge is 2.44. The molecule has 2 heterocycles. The minimum Gasteiger partial charge on any atom is -0.497 e. The number of hydrogen-bond donors (Lipinski definition) is 0. The highest BCUT2D eigenvalue weighted by Crippen LogP contribution is 2.29. The minimum absolute atomic E-state index is 0.00961. The van der Waals surface area contributed by atoms with Crippen LogP contribution in [-0.2, 0) is 22.5 Å². The highest BCUT2D eigenvalue weighted by atomic mass is 16.5. The van der Waals surface area contributed by atoms with Gasteiger partial charge in [-0.15, -0.1) is 0 Å². The summed E-state index contributed by atoms with van der Waals surface area (Å²) in [7, 11) is 5.26. The predicted molar refractivity (Wildman–Crippen MR) is 129 cm³/mol. The Bertz CT molecular complexity index is 1090. The van der Waals surface area contributed by atoms with Gasteiger partial charge in [0.1, 0.15) is 5.75 Å². The van der Waals surface area contributed by atoms with Crippen molar-refractivity contribution in [3.05, 3.63) is 84.2 Å². The Morgan fingerprint density at radius 2 is 1.88 bits per heavy atom. The Hall–Kier alpha value is -3.22. The number of pyridine rings is 1.